The van der Waals surface area contributed by atoms with Gasteiger partial charge in [-0.05, 0) is 12.1 Å². The van der Waals surface area contributed by atoms with Gasteiger partial charge in [-0.2, -0.15) is 0 Å². The van der Waals surface area contributed by atoms with Gasteiger partial charge < -0.3 is 9.52 Å². The number of carbonyl (C=O) groups excluding carboxylic acids is 2. The Bertz CT molecular complexity index is 646. The maximum Gasteiger partial charge on any atom is 0.323 e. The standard InChI is InChI=1S/C12H9NO5S2/c1-6(14)8-3-2-7(18-8)4-9-11(17)13(5-10(15)16)12(19)20-9/h2-4H,5H2,1H3,(H,15,16)/b9-4+. The van der Waals surface area contributed by atoms with Crippen LogP contribution in [-0.2, 0) is 9.59 Å². The molecule has 2 heterocycles. The van der Waals surface area contributed by atoms with Gasteiger partial charge in [0.2, 0.25) is 0 Å². The van der Waals surface area contributed by atoms with Crippen LogP contribution in [0.2, 0.25) is 0 Å². The molecule has 1 N–H and O–H groups in total. The average molecular weight is 311 g/mol. The molecule has 0 radical (unpaired) electrons. The molecule has 0 aromatic carbocycles. The monoisotopic (exact) mass is 311 g/mol. The number of rotatable bonds is 4. The zero-order valence-electron chi connectivity index (χ0n) is 10.3. The lowest BCUT2D eigenvalue weighted by molar-refractivity contribution is -0.140. The second kappa shape index (κ2) is 5.59. The van der Waals surface area contributed by atoms with Crippen molar-refractivity contribution in [3.63, 3.8) is 0 Å². The van der Waals surface area contributed by atoms with Crippen molar-refractivity contribution in [3.05, 3.63) is 28.6 Å². The number of furan rings is 1. The minimum atomic E-state index is -1.14. The Balaban J connectivity index is 2.22. The smallest absolute Gasteiger partial charge is 0.323 e. The Hall–Kier alpha value is -1.93. The van der Waals surface area contributed by atoms with Crippen molar-refractivity contribution in [1.29, 1.82) is 0 Å². The third-order valence-corrected chi connectivity index (χ3v) is 3.79. The number of hydrogen-bond acceptors (Lipinski definition) is 6. The van der Waals surface area contributed by atoms with Crippen LogP contribution in [-0.4, -0.2) is 38.5 Å². The molecule has 1 aliphatic heterocycles. The minimum Gasteiger partial charge on any atom is -0.480 e. The maximum atomic E-state index is 12.0. The third kappa shape index (κ3) is 2.97. The lowest BCUT2D eigenvalue weighted by atomic mass is 10.3. The van der Waals surface area contributed by atoms with Gasteiger partial charge in [0, 0.05) is 13.0 Å². The molecule has 1 saturated heterocycles. The van der Waals surface area contributed by atoms with Crippen molar-refractivity contribution in [2.45, 2.75) is 6.92 Å². The summed E-state index contributed by atoms with van der Waals surface area (Å²) in [4.78, 5) is 35.0. The lowest BCUT2D eigenvalue weighted by Crippen LogP contribution is -2.33. The first kappa shape index (κ1) is 14.5. The first-order chi connectivity index (χ1) is 9.38. The summed E-state index contributed by atoms with van der Waals surface area (Å²) in [6.45, 7) is 0.897. The molecule has 1 aliphatic rings. The number of carbonyl (C=O) groups is 3. The van der Waals surface area contributed by atoms with E-state index in [1.54, 1.807) is 6.07 Å². The van der Waals surface area contributed by atoms with E-state index in [9.17, 15) is 14.4 Å². The van der Waals surface area contributed by atoms with E-state index in [0.717, 1.165) is 16.7 Å². The number of thioether (sulfide) groups is 1. The molecule has 1 aromatic heterocycles. The number of ketones is 1. The average Bonchev–Trinajstić information content (AvgIpc) is 2.91. The molecule has 1 aromatic rings. The SMILES string of the molecule is CC(=O)c1ccc(/C=C2/SC(=S)N(CC(=O)O)C2=O)o1. The number of Topliss-reactive ketones (excluding diaryl/α,β-unsaturated/α-hetero) is 1. The summed E-state index contributed by atoms with van der Waals surface area (Å²) in [6, 6.07) is 3.06. The van der Waals surface area contributed by atoms with Crippen molar-refractivity contribution in [2.24, 2.45) is 0 Å². The van der Waals surface area contributed by atoms with E-state index in [1.807, 2.05) is 0 Å². The van der Waals surface area contributed by atoms with Crippen LogP contribution < -0.4 is 0 Å². The van der Waals surface area contributed by atoms with E-state index in [2.05, 4.69) is 0 Å². The number of carboxylic acid groups (broad SMARTS) is 1. The first-order valence-electron chi connectivity index (χ1n) is 5.46. The highest BCUT2D eigenvalue weighted by Gasteiger charge is 2.33. The van der Waals surface area contributed by atoms with E-state index in [1.165, 1.54) is 19.1 Å². The molecular formula is C12H9NO5S2. The molecule has 0 saturated carbocycles. The second-order valence-corrected chi connectivity index (χ2v) is 5.60. The van der Waals surface area contributed by atoms with E-state index in [0.29, 0.717) is 5.76 Å². The summed E-state index contributed by atoms with van der Waals surface area (Å²) in [5.41, 5.74) is 0. The van der Waals surface area contributed by atoms with Crippen molar-refractivity contribution in [1.82, 2.24) is 4.90 Å². The quantitative estimate of drug-likeness (QED) is 0.515. The fourth-order valence-corrected chi connectivity index (χ4v) is 2.76. The second-order valence-electron chi connectivity index (χ2n) is 3.92. The Morgan fingerprint density at radius 2 is 2.20 bits per heavy atom. The van der Waals surface area contributed by atoms with E-state index in [-0.39, 0.29) is 20.8 Å². The van der Waals surface area contributed by atoms with Gasteiger partial charge in [-0.25, -0.2) is 0 Å². The summed E-state index contributed by atoms with van der Waals surface area (Å²) < 4.78 is 5.42. The van der Waals surface area contributed by atoms with Crippen LogP contribution in [0, 0.1) is 0 Å². The van der Waals surface area contributed by atoms with Gasteiger partial charge in [0.25, 0.3) is 5.91 Å². The fraction of sp³-hybridized carbons (Fsp3) is 0.167. The summed E-state index contributed by atoms with van der Waals surface area (Å²) in [5.74, 6) is -1.31. The highest BCUT2D eigenvalue weighted by Crippen LogP contribution is 2.32. The van der Waals surface area contributed by atoms with Crippen molar-refractivity contribution >= 4 is 52.0 Å². The van der Waals surface area contributed by atoms with Crippen LogP contribution >= 0.6 is 24.0 Å². The molecular weight excluding hydrogens is 302 g/mol. The van der Waals surface area contributed by atoms with E-state index >= 15 is 0 Å². The van der Waals surface area contributed by atoms with Gasteiger partial charge in [-0.1, -0.05) is 24.0 Å². The van der Waals surface area contributed by atoms with Gasteiger partial charge in [0.1, 0.15) is 16.6 Å². The Morgan fingerprint density at radius 1 is 1.50 bits per heavy atom. The normalized spacial score (nSPS) is 17.1. The summed E-state index contributed by atoms with van der Waals surface area (Å²) in [7, 11) is 0. The molecule has 0 aliphatic carbocycles. The molecule has 8 heteroatoms. The number of amides is 1. The minimum absolute atomic E-state index is 0.182. The number of aliphatic carboxylic acids is 1. The molecule has 1 fully saturated rings. The summed E-state index contributed by atoms with van der Waals surface area (Å²) in [5, 5.41) is 8.71. The Labute approximate surface area is 123 Å². The molecule has 2 rings (SSSR count). The topological polar surface area (TPSA) is 87.8 Å². The number of carboxylic acids is 1. The molecule has 0 atom stereocenters. The first-order valence-corrected chi connectivity index (χ1v) is 6.69. The summed E-state index contributed by atoms with van der Waals surface area (Å²) >= 11 is 5.95. The predicted octanol–water partition coefficient (Wildman–Crippen LogP) is 1.77. The molecule has 0 spiro atoms. The molecule has 104 valence electrons. The maximum absolute atomic E-state index is 12.0. The molecule has 1 amide bonds. The Morgan fingerprint density at radius 3 is 2.75 bits per heavy atom. The van der Waals surface area contributed by atoms with E-state index < -0.39 is 18.4 Å². The largest absolute Gasteiger partial charge is 0.480 e. The van der Waals surface area contributed by atoms with Gasteiger partial charge in [-0.3, -0.25) is 19.3 Å². The lowest BCUT2D eigenvalue weighted by Gasteiger charge is -2.09. The van der Waals surface area contributed by atoms with Crippen LogP contribution in [0.15, 0.2) is 21.5 Å². The Kier molecular flexibility index (Phi) is 4.05. The predicted molar refractivity (Wildman–Crippen MR) is 76.2 cm³/mol. The number of thiocarbonyl (C=S) groups is 1. The van der Waals surface area contributed by atoms with Crippen molar-refractivity contribution < 1.29 is 23.9 Å². The third-order valence-electron chi connectivity index (χ3n) is 2.41. The van der Waals surface area contributed by atoms with Crippen LogP contribution in [0.4, 0.5) is 0 Å². The fourth-order valence-electron chi connectivity index (χ4n) is 1.52. The highest BCUT2D eigenvalue weighted by atomic mass is 32.2. The summed E-state index contributed by atoms with van der Waals surface area (Å²) in [6.07, 6.45) is 1.44. The van der Waals surface area contributed by atoms with E-state index in [4.69, 9.17) is 21.7 Å². The van der Waals surface area contributed by atoms with Crippen LogP contribution in [0.1, 0.15) is 23.2 Å². The number of hydrogen-bond donors (Lipinski definition) is 1. The van der Waals surface area contributed by atoms with Crippen molar-refractivity contribution in [2.75, 3.05) is 6.54 Å². The van der Waals surface area contributed by atoms with Gasteiger partial charge in [0.05, 0.1) is 4.91 Å². The zero-order valence-corrected chi connectivity index (χ0v) is 11.9. The molecule has 20 heavy (non-hydrogen) atoms. The highest BCUT2D eigenvalue weighted by molar-refractivity contribution is 8.26. The van der Waals surface area contributed by atoms with Gasteiger partial charge in [0.15, 0.2) is 11.5 Å². The van der Waals surface area contributed by atoms with Crippen LogP contribution in [0.3, 0.4) is 0 Å². The van der Waals surface area contributed by atoms with Crippen molar-refractivity contribution in [3.8, 4) is 0 Å². The molecule has 0 unspecified atom stereocenters. The molecule has 6 nitrogen and oxygen atoms in total. The zero-order chi connectivity index (χ0) is 14.9. The molecule has 0 bridgehead atoms. The van der Waals surface area contributed by atoms with Gasteiger partial charge >= 0.3 is 5.97 Å². The van der Waals surface area contributed by atoms with Crippen LogP contribution in [0.5, 0.6) is 0 Å². The van der Waals surface area contributed by atoms with Crippen LogP contribution in [0.25, 0.3) is 6.08 Å². The number of nitrogens with zero attached hydrogens (tertiary/aromatic N) is 1. The van der Waals surface area contributed by atoms with Gasteiger partial charge in [-0.15, -0.1) is 0 Å².